The lowest BCUT2D eigenvalue weighted by molar-refractivity contribution is -0.138. The maximum absolute atomic E-state index is 13.9. The first-order valence-electron chi connectivity index (χ1n) is 19.5. The van der Waals surface area contributed by atoms with Gasteiger partial charge in [-0.1, -0.05) is 60.7 Å². The van der Waals surface area contributed by atoms with Gasteiger partial charge in [-0.05, 0) is 36.8 Å². The second-order valence-corrected chi connectivity index (χ2v) is 14.7. The van der Waals surface area contributed by atoms with Gasteiger partial charge in [0.2, 0.25) is 0 Å². The summed E-state index contributed by atoms with van der Waals surface area (Å²) in [4.78, 5) is 91.4. The summed E-state index contributed by atoms with van der Waals surface area (Å²) in [6, 6.07) is 15.0. The van der Waals surface area contributed by atoms with Crippen LogP contribution < -0.4 is 0 Å². The Bertz CT molecular complexity index is 2300. The van der Waals surface area contributed by atoms with Crippen LogP contribution in [0.4, 0.5) is 9.59 Å². The highest BCUT2D eigenvalue weighted by atomic mass is 16.4. The quantitative estimate of drug-likeness (QED) is 0.123. The molecule has 4 N–H and O–H groups in total. The molecule has 0 bridgehead atoms. The van der Waals surface area contributed by atoms with E-state index in [9.17, 15) is 29.4 Å². The first-order valence-corrected chi connectivity index (χ1v) is 19.5. The molecule has 2 saturated heterocycles. The standard InChI is InChI=1S/C42H42N12O6/c1-51(41(57)58)35(25-11-5-3-6-12-25)39(55)53-17-9-15-33(53)37-47-23-31(49-37)29-21-43-27(19-45-29)28-20-46-30(22-44-28)32-24-48-38(50-32)34-16-10-18-54(34)40(56)36(52(2)42(59)60)26-13-7-4-8-14-26/h3-8,11-14,19-24,33-36H,9-10,15-18H2,1-2H3,(H,47,49)(H,48,50)(H,57,58)(H,59,60)/t33-,34-,35+,36+/m0/s1. The number of benzene rings is 2. The normalized spacial score (nSPS) is 17.3. The number of likely N-dealkylation sites (N-methyl/N-ethyl adjacent to an activating group) is 2. The van der Waals surface area contributed by atoms with Crippen molar-refractivity contribution in [1.29, 1.82) is 0 Å². The Hall–Kier alpha value is -7.50. The highest BCUT2D eigenvalue weighted by molar-refractivity contribution is 5.88. The number of H-pyrrole nitrogens is 2. The van der Waals surface area contributed by atoms with Crippen LogP contribution in [0.3, 0.4) is 0 Å². The van der Waals surface area contributed by atoms with Crippen LogP contribution in [-0.2, 0) is 9.59 Å². The van der Waals surface area contributed by atoms with Crippen molar-refractivity contribution in [3.8, 4) is 34.2 Å². The Kier molecular flexibility index (Phi) is 11.0. The number of hydrogen-bond donors (Lipinski definition) is 4. The van der Waals surface area contributed by atoms with Crippen LogP contribution in [0.25, 0.3) is 34.2 Å². The van der Waals surface area contributed by atoms with E-state index in [2.05, 4.69) is 39.9 Å². The van der Waals surface area contributed by atoms with Crippen LogP contribution in [0.1, 0.15) is 72.6 Å². The summed E-state index contributed by atoms with van der Waals surface area (Å²) >= 11 is 0. The van der Waals surface area contributed by atoms with Crippen molar-refractivity contribution in [2.24, 2.45) is 0 Å². The van der Waals surface area contributed by atoms with E-state index >= 15 is 0 Å². The van der Waals surface area contributed by atoms with Crippen LogP contribution in [0.5, 0.6) is 0 Å². The monoisotopic (exact) mass is 810 g/mol. The molecule has 2 aliphatic heterocycles. The van der Waals surface area contributed by atoms with Crippen molar-refractivity contribution in [2.75, 3.05) is 27.2 Å². The second kappa shape index (κ2) is 16.8. The number of carbonyl (C=O) groups is 4. The lowest BCUT2D eigenvalue weighted by atomic mass is 10.0. The number of rotatable bonds is 11. The van der Waals surface area contributed by atoms with Crippen molar-refractivity contribution < 1.29 is 29.4 Å². The molecule has 18 nitrogen and oxygen atoms in total. The van der Waals surface area contributed by atoms with E-state index < -0.39 is 24.3 Å². The van der Waals surface area contributed by atoms with Crippen molar-refractivity contribution in [3.63, 3.8) is 0 Å². The van der Waals surface area contributed by atoms with E-state index in [0.717, 1.165) is 22.6 Å². The SMILES string of the molecule is CN(C(=O)O)[C@@H](C(=O)N1CCC[C@H]1c1ncc(-c2cnc(-c3cnc(-c4cnc([C@@H]5CCCN5C(=O)[C@@H](c5ccccc5)N(C)C(=O)O)[nH]4)cn3)cn2)[nH]1)c1ccccc1. The molecule has 0 aliphatic carbocycles. The smallest absolute Gasteiger partial charge is 0.407 e. The van der Waals surface area contributed by atoms with Gasteiger partial charge in [0, 0.05) is 27.2 Å². The van der Waals surface area contributed by atoms with Crippen LogP contribution >= 0.6 is 0 Å². The largest absolute Gasteiger partial charge is 0.465 e. The predicted molar refractivity (Wildman–Crippen MR) is 216 cm³/mol. The molecule has 2 aliphatic rings. The fourth-order valence-corrected chi connectivity index (χ4v) is 7.97. The summed E-state index contributed by atoms with van der Waals surface area (Å²) in [7, 11) is 2.80. The van der Waals surface area contributed by atoms with Crippen molar-refractivity contribution >= 4 is 24.0 Å². The van der Waals surface area contributed by atoms with Gasteiger partial charge in [-0.3, -0.25) is 39.3 Å². The van der Waals surface area contributed by atoms with Crippen molar-refractivity contribution in [1.82, 2.24) is 59.5 Å². The Morgan fingerprint density at radius 1 is 0.567 bits per heavy atom. The van der Waals surface area contributed by atoms with Crippen LogP contribution in [-0.4, -0.2) is 121 Å². The summed E-state index contributed by atoms with van der Waals surface area (Å²) in [5, 5.41) is 19.6. The molecule has 306 valence electrons. The Morgan fingerprint density at radius 2 is 0.933 bits per heavy atom. The zero-order chi connectivity index (χ0) is 41.9. The second-order valence-electron chi connectivity index (χ2n) is 14.7. The summed E-state index contributed by atoms with van der Waals surface area (Å²) < 4.78 is 0. The zero-order valence-electron chi connectivity index (χ0n) is 32.8. The van der Waals surface area contributed by atoms with E-state index in [0.29, 0.717) is 82.9 Å². The maximum Gasteiger partial charge on any atom is 0.407 e. The number of carboxylic acid groups (broad SMARTS) is 2. The Labute approximate surface area is 344 Å². The summed E-state index contributed by atoms with van der Waals surface area (Å²) in [6.45, 7) is 0.937. The highest BCUT2D eigenvalue weighted by Gasteiger charge is 2.40. The number of hydrogen-bond acceptors (Lipinski definition) is 10. The molecular formula is C42H42N12O6. The molecule has 4 amide bonds. The van der Waals surface area contributed by atoms with Crippen molar-refractivity contribution in [3.05, 3.63) is 121 Å². The van der Waals surface area contributed by atoms with E-state index in [4.69, 9.17) is 0 Å². The maximum atomic E-state index is 13.9. The van der Waals surface area contributed by atoms with E-state index in [-0.39, 0.29) is 23.9 Å². The van der Waals surface area contributed by atoms with Gasteiger partial charge in [-0.2, -0.15) is 0 Å². The molecule has 4 aromatic heterocycles. The summed E-state index contributed by atoms with van der Waals surface area (Å²) in [5.41, 5.74) is 4.43. The molecule has 2 fully saturated rings. The van der Waals surface area contributed by atoms with Gasteiger partial charge in [-0.25, -0.2) is 19.6 Å². The molecule has 2 aromatic carbocycles. The van der Waals surface area contributed by atoms with Gasteiger partial charge in [0.15, 0.2) is 0 Å². The molecule has 8 rings (SSSR count). The predicted octanol–water partition coefficient (Wildman–Crippen LogP) is 5.74. The van der Waals surface area contributed by atoms with Crippen molar-refractivity contribution in [2.45, 2.75) is 49.9 Å². The Morgan fingerprint density at radius 3 is 1.28 bits per heavy atom. The molecule has 0 spiro atoms. The third-order valence-corrected chi connectivity index (χ3v) is 11.1. The average Bonchev–Trinajstić information content (AvgIpc) is 4.12. The molecule has 18 heteroatoms. The van der Waals surface area contributed by atoms with Gasteiger partial charge in [0.1, 0.15) is 46.5 Å². The number of likely N-dealkylation sites (tertiary alicyclic amines) is 2. The fourth-order valence-electron chi connectivity index (χ4n) is 7.97. The minimum Gasteiger partial charge on any atom is -0.465 e. The van der Waals surface area contributed by atoms with Gasteiger partial charge >= 0.3 is 12.2 Å². The van der Waals surface area contributed by atoms with Gasteiger partial charge < -0.3 is 30.0 Å². The summed E-state index contributed by atoms with van der Waals surface area (Å²) in [6.07, 6.45) is 10.1. The molecule has 6 heterocycles. The van der Waals surface area contributed by atoms with E-state index in [1.165, 1.54) is 14.1 Å². The molecule has 4 atom stereocenters. The average molecular weight is 811 g/mol. The molecule has 0 radical (unpaired) electrons. The zero-order valence-corrected chi connectivity index (χ0v) is 32.8. The van der Waals surface area contributed by atoms with Crippen LogP contribution in [0.2, 0.25) is 0 Å². The lowest BCUT2D eigenvalue weighted by Crippen LogP contribution is -2.43. The number of nitrogens with one attached hydrogen (secondary N) is 2. The fraction of sp³-hybridized carbons (Fsp3) is 0.286. The lowest BCUT2D eigenvalue weighted by Gasteiger charge is -2.32. The van der Waals surface area contributed by atoms with Gasteiger partial charge in [0.25, 0.3) is 11.8 Å². The van der Waals surface area contributed by atoms with E-state index in [1.807, 2.05) is 12.1 Å². The summed E-state index contributed by atoms with van der Waals surface area (Å²) in [5.74, 6) is 0.514. The van der Waals surface area contributed by atoms with Crippen LogP contribution in [0, 0.1) is 0 Å². The molecular weight excluding hydrogens is 769 g/mol. The third-order valence-electron chi connectivity index (χ3n) is 11.1. The topological polar surface area (TPSA) is 231 Å². The number of imidazole rings is 2. The van der Waals surface area contributed by atoms with Gasteiger partial charge in [0.05, 0.1) is 60.7 Å². The molecule has 6 aromatic rings. The van der Waals surface area contributed by atoms with Gasteiger partial charge in [-0.15, -0.1) is 0 Å². The van der Waals surface area contributed by atoms with Crippen LogP contribution in [0.15, 0.2) is 97.8 Å². The highest BCUT2D eigenvalue weighted by Crippen LogP contribution is 2.37. The third kappa shape index (κ3) is 7.73. The number of amides is 4. The first-order chi connectivity index (χ1) is 29.1. The molecule has 60 heavy (non-hydrogen) atoms. The van der Waals surface area contributed by atoms with E-state index in [1.54, 1.807) is 95.5 Å². The minimum absolute atomic E-state index is 0.317. The Balaban J connectivity index is 0.938. The number of carbonyl (C=O) groups excluding carboxylic acids is 2. The minimum atomic E-state index is -1.20. The molecule has 0 unspecified atom stereocenters. The number of nitrogens with zero attached hydrogens (tertiary/aromatic N) is 10. The first kappa shape index (κ1) is 39.3. The number of aromatic nitrogens is 8. The molecule has 0 saturated carbocycles. The number of aromatic amines is 2.